The molecule has 0 fully saturated rings. The first-order chi connectivity index (χ1) is 5.41. The van der Waals surface area contributed by atoms with Gasteiger partial charge in [0.2, 0.25) is 0 Å². The Morgan fingerprint density at radius 2 is 1.00 bits per heavy atom. The van der Waals surface area contributed by atoms with Crippen LogP contribution in [0.25, 0.3) is 0 Å². The predicted octanol–water partition coefficient (Wildman–Crippen LogP) is 3.64. The van der Waals surface area contributed by atoms with Gasteiger partial charge in [-0.15, -0.1) is 13.2 Å². The fourth-order valence-electron chi connectivity index (χ4n) is 0.656. The van der Waals surface area contributed by atoms with E-state index in [9.17, 15) is 0 Å². The Bertz CT molecular complexity index is 131. The number of hydrogen-bond acceptors (Lipinski definition) is 0. The highest BCUT2D eigenvalue weighted by Crippen LogP contribution is 1.91. The number of rotatable bonds is 6. The van der Waals surface area contributed by atoms with E-state index in [2.05, 4.69) is 37.5 Å². The normalized spacial score (nSPS) is 10.9. The summed E-state index contributed by atoms with van der Waals surface area (Å²) in [6, 6.07) is 0. The molecule has 0 saturated carbocycles. The molecule has 0 amide bonds. The van der Waals surface area contributed by atoms with Crippen LogP contribution in [0.3, 0.4) is 0 Å². The Labute approximate surface area is 69.6 Å². The van der Waals surface area contributed by atoms with Gasteiger partial charge in [-0.3, -0.25) is 0 Å². The summed E-state index contributed by atoms with van der Waals surface area (Å²) in [5.41, 5.74) is 0. The molecule has 0 aromatic rings. The van der Waals surface area contributed by atoms with E-state index in [-0.39, 0.29) is 0 Å². The lowest BCUT2D eigenvalue weighted by molar-refractivity contribution is 1.28. The van der Waals surface area contributed by atoms with Crippen LogP contribution in [0.15, 0.2) is 49.6 Å². The molecule has 0 bridgehead atoms. The highest BCUT2D eigenvalue weighted by Gasteiger charge is 1.70. The molecule has 0 spiro atoms. The molecule has 0 heteroatoms. The van der Waals surface area contributed by atoms with Crippen LogP contribution in [-0.4, -0.2) is 0 Å². The van der Waals surface area contributed by atoms with Crippen LogP contribution in [0.2, 0.25) is 0 Å². The summed E-state index contributed by atoms with van der Waals surface area (Å²) in [6.07, 6.45) is 15.2. The van der Waals surface area contributed by atoms with Crippen LogP contribution in [0.1, 0.15) is 19.3 Å². The number of hydrogen-bond donors (Lipinski definition) is 0. The van der Waals surface area contributed by atoms with Crippen molar-refractivity contribution in [3.05, 3.63) is 49.6 Å². The summed E-state index contributed by atoms with van der Waals surface area (Å²) in [5, 5.41) is 0. The Morgan fingerprint density at radius 3 is 1.36 bits per heavy atom. The molecule has 0 unspecified atom stereocenters. The van der Waals surface area contributed by atoms with E-state index < -0.39 is 0 Å². The van der Waals surface area contributed by atoms with Crippen molar-refractivity contribution >= 4 is 0 Å². The average molecular weight is 148 g/mol. The van der Waals surface area contributed by atoms with Gasteiger partial charge in [0, 0.05) is 0 Å². The number of allylic oxidation sites excluding steroid dienone is 6. The Balaban J connectivity index is 3.24. The van der Waals surface area contributed by atoms with E-state index >= 15 is 0 Å². The van der Waals surface area contributed by atoms with Gasteiger partial charge in [0.15, 0.2) is 0 Å². The molecule has 0 aliphatic heterocycles. The van der Waals surface area contributed by atoms with Gasteiger partial charge < -0.3 is 0 Å². The van der Waals surface area contributed by atoms with Crippen molar-refractivity contribution in [3.63, 3.8) is 0 Å². The second-order valence-electron chi connectivity index (χ2n) is 2.23. The van der Waals surface area contributed by atoms with E-state index in [0.717, 1.165) is 19.3 Å². The molecular formula is C11H16. The average Bonchev–Trinajstić information content (AvgIpc) is 2.03. The minimum Gasteiger partial charge on any atom is -0.103 e. The first kappa shape index (κ1) is 9.96. The van der Waals surface area contributed by atoms with Crippen molar-refractivity contribution in [2.24, 2.45) is 0 Å². The van der Waals surface area contributed by atoms with Gasteiger partial charge in [-0.05, 0) is 19.3 Å². The minimum atomic E-state index is 0.968. The predicted molar refractivity (Wildman–Crippen MR) is 52.5 cm³/mol. The summed E-state index contributed by atoms with van der Waals surface area (Å²) < 4.78 is 0. The van der Waals surface area contributed by atoms with Crippen molar-refractivity contribution in [1.29, 1.82) is 0 Å². The van der Waals surface area contributed by atoms with Gasteiger partial charge in [0.25, 0.3) is 0 Å². The van der Waals surface area contributed by atoms with Crippen molar-refractivity contribution in [3.8, 4) is 0 Å². The van der Waals surface area contributed by atoms with Crippen molar-refractivity contribution in [2.75, 3.05) is 0 Å². The zero-order valence-corrected chi connectivity index (χ0v) is 7.00. The fourth-order valence-corrected chi connectivity index (χ4v) is 0.656. The SMILES string of the molecule is C=CC/C=C\C/C=C\CC=C. The summed E-state index contributed by atoms with van der Waals surface area (Å²) in [5.74, 6) is 0. The summed E-state index contributed by atoms with van der Waals surface area (Å²) in [4.78, 5) is 0. The molecule has 11 heavy (non-hydrogen) atoms. The van der Waals surface area contributed by atoms with E-state index in [0.29, 0.717) is 0 Å². The lowest BCUT2D eigenvalue weighted by atomic mass is 10.3. The molecule has 0 aliphatic rings. The van der Waals surface area contributed by atoms with Crippen molar-refractivity contribution in [2.45, 2.75) is 19.3 Å². The summed E-state index contributed by atoms with van der Waals surface area (Å²) in [6.45, 7) is 7.25. The lowest BCUT2D eigenvalue weighted by Gasteiger charge is -1.81. The van der Waals surface area contributed by atoms with Crippen LogP contribution in [0, 0.1) is 0 Å². The van der Waals surface area contributed by atoms with Crippen molar-refractivity contribution in [1.82, 2.24) is 0 Å². The molecule has 0 nitrogen and oxygen atoms in total. The molecule has 0 rings (SSSR count). The molecule has 0 saturated heterocycles. The molecule has 0 aromatic heterocycles. The molecule has 0 N–H and O–H groups in total. The largest absolute Gasteiger partial charge is 0.103 e. The molecular weight excluding hydrogens is 132 g/mol. The topological polar surface area (TPSA) is 0 Å². The maximum absolute atomic E-state index is 3.63. The molecule has 0 heterocycles. The van der Waals surface area contributed by atoms with Gasteiger partial charge in [0.05, 0.1) is 0 Å². The minimum absolute atomic E-state index is 0.968. The Morgan fingerprint density at radius 1 is 0.636 bits per heavy atom. The monoisotopic (exact) mass is 148 g/mol. The third kappa shape index (κ3) is 8.96. The fraction of sp³-hybridized carbons (Fsp3) is 0.273. The molecule has 60 valence electrons. The highest BCUT2D eigenvalue weighted by molar-refractivity contribution is 4.96. The first-order valence-corrected chi connectivity index (χ1v) is 3.93. The van der Waals surface area contributed by atoms with Gasteiger partial charge in [-0.25, -0.2) is 0 Å². The van der Waals surface area contributed by atoms with Crippen molar-refractivity contribution < 1.29 is 0 Å². The molecule has 0 aliphatic carbocycles. The molecule has 0 radical (unpaired) electrons. The first-order valence-electron chi connectivity index (χ1n) is 3.93. The van der Waals surface area contributed by atoms with E-state index in [1.165, 1.54) is 0 Å². The molecule has 0 aromatic carbocycles. The zero-order chi connectivity index (χ0) is 8.36. The second-order valence-corrected chi connectivity index (χ2v) is 2.23. The van der Waals surface area contributed by atoms with Crippen LogP contribution in [0.5, 0.6) is 0 Å². The summed E-state index contributed by atoms with van der Waals surface area (Å²) >= 11 is 0. The second kappa shape index (κ2) is 8.96. The Kier molecular flexibility index (Phi) is 8.11. The van der Waals surface area contributed by atoms with Gasteiger partial charge in [0.1, 0.15) is 0 Å². The van der Waals surface area contributed by atoms with Crippen LogP contribution in [0.4, 0.5) is 0 Å². The summed E-state index contributed by atoms with van der Waals surface area (Å²) in [7, 11) is 0. The zero-order valence-electron chi connectivity index (χ0n) is 7.00. The Hall–Kier alpha value is -1.04. The third-order valence-electron chi connectivity index (χ3n) is 1.21. The van der Waals surface area contributed by atoms with Crippen LogP contribution < -0.4 is 0 Å². The van der Waals surface area contributed by atoms with Gasteiger partial charge in [-0.2, -0.15) is 0 Å². The quantitative estimate of drug-likeness (QED) is 0.504. The van der Waals surface area contributed by atoms with Crippen LogP contribution >= 0.6 is 0 Å². The standard InChI is InChI=1S/C11H16/c1-3-5-7-9-11-10-8-6-4-2/h3-4,7-10H,1-2,5-6,11H2/b9-7-,10-8-. The van der Waals surface area contributed by atoms with E-state index in [1.807, 2.05) is 12.2 Å². The van der Waals surface area contributed by atoms with E-state index in [4.69, 9.17) is 0 Å². The lowest BCUT2D eigenvalue weighted by Crippen LogP contribution is -1.60. The third-order valence-corrected chi connectivity index (χ3v) is 1.21. The van der Waals surface area contributed by atoms with Gasteiger partial charge in [-0.1, -0.05) is 36.5 Å². The van der Waals surface area contributed by atoms with Crippen LogP contribution in [-0.2, 0) is 0 Å². The maximum Gasteiger partial charge on any atom is -0.0169 e. The van der Waals surface area contributed by atoms with E-state index in [1.54, 1.807) is 0 Å². The maximum atomic E-state index is 3.63. The smallest absolute Gasteiger partial charge is 0.0169 e. The highest BCUT2D eigenvalue weighted by atomic mass is 13.8. The molecule has 0 atom stereocenters. The van der Waals surface area contributed by atoms with Gasteiger partial charge >= 0.3 is 0 Å².